The summed E-state index contributed by atoms with van der Waals surface area (Å²) in [5.41, 5.74) is 0. The number of hydrogen-bond donors (Lipinski definition) is 2. The van der Waals surface area contributed by atoms with Crippen LogP contribution in [0, 0.1) is 11.8 Å². The van der Waals surface area contributed by atoms with Crippen LogP contribution in [0.1, 0.15) is 33.6 Å². The van der Waals surface area contributed by atoms with E-state index in [1.54, 1.807) is 0 Å². The average molecular weight is 185 g/mol. The Morgan fingerprint density at radius 1 is 1.38 bits per heavy atom. The van der Waals surface area contributed by atoms with E-state index in [1.165, 1.54) is 6.92 Å². The van der Waals surface area contributed by atoms with Crippen molar-refractivity contribution in [3.8, 4) is 0 Å². The molecule has 0 heterocycles. The van der Waals surface area contributed by atoms with E-state index in [0.717, 1.165) is 18.8 Å². The number of hydrogen-bond acceptors (Lipinski definition) is 2. The monoisotopic (exact) mass is 185 g/mol. The van der Waals surface area contributed by atoms with Gasteiger partial charge in [-0.2, -0.15) is 0 Å². The molecule has 0 aromatic carbocycles. The fourth-order valence-electron chi connectivity index (χ4n) is 1.65. The molecule has 0 bridgehead atoms. The van der Waals surface area contributed by atoms with Crippen molar-refractivity contribution in [1.82, 2.24) is 5.32 Å². The van der Waals surface area contributed by atoms with Gasteiger partial charge in [0.2, 0.25) is 5.91 Å². The summed E-state index contributed by atoms with van der Waals surface area (Å²) in [6.07, 6.45) is 1.25. The topological polar surface area (TPSA) is 49.3 Å². The van der Waals surface area contributed by atoms with E-state index in [0.29, 0.717) is 12.0 Å². The third-order valence-electron chi connectivity index (χ3n) is 2.84. The molecule has 0 aromatic rings. The van der Waals surface area contributed by atoms with Crippen molar-refractivity contribution in [1.29, 1.82) is 0 Å². The van der Waals surface area contributed by atoms with Crippen LogP contribution in [-0.4, -0.2) is 23.2 Å². The van der Waals surface area contributed by atoms with Crippen molar-refractivity contribution in [2.45, 2.75) is 45.8 Å². The van der Waals surface area contributed by atoms with Gasteiger partial charge in [0.25, 0.3) is 0 Å². The molecule has 0 unspecified atom stereocenters. The highest BCUT2D eigenvalue weighted by molar-refractivity contribution is 5.80. The molecular weight excluding hydrogens is 166 g/mol. The molecule has 0 radical (unpaired) electrons. The molecular formula is C10H19NO2. The molecule has 0 aromatic heterocycles. The largest absolute Gasteiger partial charge is 0.384 e. The van der Waals surface area contributed by atoms with E-state index >= 15 is 0 Å². The smallest absolute Gasteiger partial charge is 0.248 e. The lowest BCUT2D eigenvalue weighted by atomic mass is 9.73. The summed E-state index contributed by atoms with van der Waals surface area (Å²) in [7, 11) is 0. The molecule has 3 nitrogen and oxygen atoms in total. The van der Waals surface area contributed by atoms with E-state index in [-0.39, 0.29) is 5.91 Å². The Bertz CT molecular complexity index is 183. The van der Waals surface area contributed by atoms with Crippen molar-refractivity contribution < 1.29 is 9.90 Å². The zero-order chi connectivity index (χ0) is 10.0. The molecule has 1 saturated carbocycles. The van der Waals surface area contributed by atoms with Crippen LogP contribution in [0.2, 0.25) is 0 Å². The van der Waals surface area contributed by atoms with Gasteiger partial charge in [0.1, 0.15) is 6.10 Å². The van der Waals surface area contributed by atoms with Gasteiger partial charge in [0.15, 0.2) is 0 Å². The minimum atomic E-state index is -0.877. The molecule has 1 fully saturated rings. The van der Waals surface area contributed by atoms with E-state index < -0.39 is 6.10 Å². The lowest BCUT2D eigenvalue weighted by molar-refractivity contribution is -0.130. The summed E-state index contributed by atoms with van der Waals surface area (Å²) >= 11 is 0. The second-order valence-electron chi connectivity index (χ2n) is 4.36. The second-order valence-corrected chi connectivity index (χ2v) is 4.36. The number of aliphatic hydroxyl groups excluding tert-OH is 1. The van der Waals surface area contributed by atoms with Gasteiger partial charge in [-0.05, 0) is 31.6 Å². The number of nitrogens with one attached hydrogen (secondary N) is 1. The summed E-state index contributed by atoms with van der Waals surface area (Å²) < 4.78 is 0. The quantitative estimate of drug-likeness (QED) is 0.687. The van der Waals surface area contributed by atoms with Gasteiger partial charge in [-0.3, -0.25) is 4.79 Å². The van der Waals surface area contributed by atoms with Crippen molar-refractivity contribution in [3.05, 3.63) is 0 Å². The van der Waals surface area contributed by atoms with Crippen molar-refractivity contribution in [2.75, 3.05) is 0 Å². The fraction of sp³-hybridized carbons (Fsp3) is 0.900. The van der Waals surface area contributed by atoms with E-state index in [4.69, 9.17) is 5.11 Å². The molecule has 3 heteroatoms. The standard InChI is InChI=1S/C10H19NO2/c1-6(2)8-4-9(5-8)11-10(13)7(3)12/h6-9,12H,4-5H2,1-3H3,(H,11,13)/t7-,8?,9?/m0/s1. The summed E-state index contributed by atoms with van der Waals surface area (Å²) in [6.45, 7) is 5.91. The average Bonchev–Trinajstić information content (AvgIpc) is 1.94. The summed E-state index contributed by atoms with van der Waals surface area (Å²) in [4.78, 5) is 11.1. The molecule has 0 saturated heterocycles. The maximum atomic E-state index is 11.1. The van der Waals surface area contributed by atoms with E-state index in [9.17, 15) is 4.79 Å². The zero-order valence-electron chi connectivity index (χ0n) is 8.58. The van der Waals surface area contributed by atoms with Crippen LogP contribution >= 0.6 is 0 Å². The Balaban J connectivity index is 2.18. The van der Waals surface area contributed by atoms with Crippen molar-refractivity contribution in [2.24, 2.45) is 11.8 Å². The van der Waals surface area contributed by atoms with Crippen LogP contribution in [0.3, 0.4) is 0 Å². The molecule has 0 spiro atoms. The molecule has 76 valence electrons. The Morgan fingerprint density at radius 2 is 1.92 bits per heavy atom. The van der Waals surface area contributed by atoms with Gasteiger partial charge in [-0.25, -0.2) is 0 Å². The SMILES string of the molecule is CC(C)C1CC(NC(=O)[C@H](C)O)C1. The van der Waals surface area contributed by atoms with Gasteiger partial charge < -0.3 is 10.4 Å². The Kier molecular flexibility index (Phi) is 3.31. The van der Waals surface area contributed by atoms with Crippen LogP contribution in [0.25, 0.3) is 0 Å². The molecule has 2 N–H and O–H groups in total. The Labute approximate surface area is 79.5 Å². The van der Waals surface area contributed by atoms with Crippen LogP contribution in [0.4, 0.5) is 0 Å². The highest BCUT2D eigenvalue weighted by atomic mass is 16.3. The minimum absolute atomic E-state index is 0.243. The number of aliphatic hydroxyl groups is 1. The molecule has 0 aliphatic heterocycles. The van der Waals surface area contributed by atoms with Crippen LogP contribution in [-0.2, 0) is 4.79 Å². The first kappa shape index (κ1) is 10.5. The van der Waals surface area contributed by atoms with Crippen molar-refractivity contribution in [3.63, 3.8) is 0 Å². The van der Waals surface area contributed by atoms with Crippen LogP contribution < -0.4 is 5.32 Å². The van der Waals surface area contributed by atoms with Gasteiger partial charge >= 0.3 is 0 Å². The predicted octanol–water partition coefficient (Wildman–Crippen LogP) is 0.918. The first-order valence-electron chi connectivity index (χ1n) is 4.99. The van der Waals surface area contributed by atoms with Crippen LogP contribution in [0.15, 0.2) is 0 Å². The first-order chi connectivity index (χ1) is 6.00. The highest BCUT2D eigenvalue weighted by Crippen LogP contribution is 2.33. The van der Waals surface area contributed by atoms with Gasteiger partial charge in [-0.1, -0.05) is 13.8 Å². The number of carbonyl (C=O) groups is 1. The summed E-state index contributed by atoms with van der Waals surface area (Å²) in [5, 5.41) is 11.8. The van der Waals surface area contributed by atoms with Crippen molar-refractivity contribution >= 4 is 5.91 Å². The maximum absolute atomic E-state index is 11.1. The van der Waals surface area contributed by atoms with Gasteiger partial charge in [-0.15, -0.1) is 0 Å². The number of amides is 1. The lowest BCUT2D eigenvalue weighted by Gasteiger charge is -2.38. The predicted molar refractivity (Wildman–Crippen MR) is 51.2 cm³/mol. The zero-order valence-corrected chi connectivity index (χ0v) is 8.58. The number of rotatable bonds is 3. The Hall–Kier alpha value is -0.570. The maximum Gasteiger partial charge on any atom is 0.248 e. The molecule has 1 aliphatic carbocycles. The third kappa shape index (κ3) is 2.69. The molecule has 1 aliphatic rings. The normalized spacial score (nSPS) is 29.6. The first-order valence-corrected chi connectivity index (χ1v) is 4.99. The van der Waals surface area contributed by atoms with Gasteiger partial charge in [0.05, 0.1) is 0 Å². The lowest BCUT2D eigenvalue weighted by Crippen LogP contribution is -2.48. The van der Waals surface area contributed by atoms with E-state index in [1.807, 2.05) is 0 Å². The molecule has 1 atom stereocenters. The highest BCUT2D eigenvalue weighted by Gasteiger charge is 2.32. The fourth-order valence-corrected chi connectivity index (χ4v) is 1.65. The molecule has 1 amide bonds. The number of carbonyl (C=O) groups excluding carboxylic acids is 1. The van der Waals surface area contributed by atoms with E-state index in [2.05, 4.69) is 19.2 Å². The Morgan fingerprint density at radius 3 is 2.31 bits per heavy atom. The van der Waals surface area contributed by atoms with Crippen LogP contribution in [0.5, 0.6) is 0 Å². The third-order valence-corrected chi connectivity index (χ3v) is 2.84. The summed E-state index contributed by atoms with van der Waals surface area (Å²) in [5.74, 6) is 1.21. The minimum Gasteiger partial charge on any atom is -0.384 e. The summed E-state index contributed by atoms with van der Waals surface area (Å²) in [6, 6.07) is 0.300. The molecule has 1 rings (SSSR count). The second kappa shape index (κ2) is 4.09. The molecule has 13 heavy (non-hydrogen) atoms. The van der Waals surface area contributed by atoms with Gasteiger partial charge in [0, 0.05) is 6.04 Å².